The van der Waals surface area contributed by atoms with E-state index in [2.05, 4.69) is 19.0 Å². The first-order valence-electron chi connectivity index (χ1n) is 7.54. The topological polar surface area (TPSA) is 64.1 Å². The fourth-order valence-electron chi connectivity index (χ4n) is 2.72. The fourth-order valence-corrected chi connectivity index (χ4v) is 2.72. The van der Waals surface area contributed by atoms with Crippen molar-refractivity contribution in [2.24, 2.45) is 5.92 Å². The van der Waals surface area contributed by atoms with Gasteiger partial charge in [-0.05, 0) is 53.6 Å². The van der Waals surface area contributed by atoms with E-state index in [9.17, 15) is 9.59 Å². The van der Waals surface area contributed by atoms with E-state index in [1.807, 2.05) is 20.8 Å². The molecule has 122 valence electrons. The third-order valence-electron chi connectivity index (χ3n) is 3.84. The Morgan fingerprint density at radius 3 is 2.10 bits per heavy atom. The predicted octanol–water partition coefficient (Wildman–Crippen LogP) is 1.57. The third kappa shape index (κ3) is 5.53. The number of carboxylic acids is 1. The van der Waals surface area contributed by atoms with Gasteiger partial charge < -0.3 is 19.8 Å². The summed E-state index contributed by atoms with van der Waals surface area (Å²) in [7, 11) is 4.12. The number of hydrogen-bond acceptors (Lipinski definition) is 3. The number of aliphatic carboxylic acids is 1. The Kier molecular flexibility index (Phi) is 6.01. The number of likely N-dealkylation sites (tertiary alicyclic amines) is 1. The molecule has 0 aromatic heterocycles. The number of carboxylic acid groups (broad SMARTS) is 1. The number of nitrogens with zero attached hydrogens (tertiary/aromatic N) is 3. The van der Waals surface area contributed by atoms with Crippen LogP contribution in [0.4, 0.5) is 4.79 Å². The van der Waals surface area contributed by atoms with Gasteiger partial charge in [-0.1, -0.05) is 0 Å². The molecule has 6 heteroatoms. The highest BCUT2D eigenvalue weighted by molar-refractivity contribution is 5.81. The first kappa shape index (κ1) is 17.8. The minimum absolute atomic E-state index is 0.159. The maximum atomic E-state index is 12.6. The van der Waals surface area contributed by atoms with Gasteiger partial charge >= 0.3 is 12.0 Å². The Balaban J connectivity index is 2.63. The van der Waals surface area contributed by atoms with Crippen LogP contribution in [0.25, 0.3) is 0 Å². The van der Waals surface area contributed by atoms with Gasteiger partial charge in [0.2, 0.25) is 0 Å². The molecular weight excluding hydrogens is 270 g/mol. The van der Waals surface area contributed by atoms with Crippen LogP contribution in [0, 0.1) is 5.92 Å². The average Bonchev–Trinajstić information content (AvgIpc) is 2.34. The van der Waals surface area contributed by atoms with E-state index < -0.39 is 11.5 Å². The number of amides is 2. The van der Waals surface area contributed by atoms with Gasteiger partial charge in [-0.25, -0.2) is 4.79 Å². The zero-order valence-corrected chi connectivity index (χ0v) is 13.9. The van der Waals surface area contributed by atoms with Gasteiger partial charge in [-0.3, -0.25) is 4.79 Å². The number of carbonyl (C=O) groups is 2. The van der Waals surface area contributed by atoms with Crippen molar-refractivity contribution in [3.05, 3.63) is 0 Å². The normalized spacial score (nSPS) is 17.1. The second kappa shape index (κ2) is 7.11. The van der Waals surface area contributed by atoms with Crippen molar-refractivity contribution in [1.82, 2.24) is 14.7 Å². The molecule has 0 aliphatic carbocycles. The summed E-state index contributed by atoms with van der Waals surface area (Å²) in [6.07, 6.45) is 1.96. The maximum Gasteiger partial charge on any atom is 0.323 e. The summed E-state index contributed by atoms with van der Waals surface area (Å²) in [6.45, 7) is 7.82. The Labute approximate surface area is 127 Å². The van der Waals surface area contributed by atoms with Crippen molar-refractivity contribution < 1.29 is 14.7 Å². The van der Waals surface area contributed by atoms with Gasteiger partial charge in [0, 0.05) is 25.2 Å². The van der Waals surface area contributed by atoms with Crippen molar-refractivity contribution in [3.8, 4) is 0 Å². The molecule has 1 rings (SSSR count). The zero-order valence-electron chi connectivity index (χ0n) is 13.9. The van der Waals surface area contributed by atoms with Crippen LogP contribution in [0.5, 0.6) is 0 Å². The highest BCUT2D eigenvalue weighted by Gasteiger charge is 2.33. The van der Waals surface area contributed by atoms with E-state index in [1.54, 1.807) is 4.90 Å². The summed E-state index contributed by atoms with van der Waals surface area (Å²) in [6, 6.07) is -0.159. The van der Waals surface area contributed by atoms with Crippen molar-refractivity contribution >= 4 is 12.0 Å². The molecule has 0 radical (unpaired) electrons. The van der Waals surface area contributed by atoms with Crippen molar-refractivity contribution in [2.75, 3.05) is 40.3 Å². The zero-order chi connectivity index (χ0) is 16.2. The molecule has 1 aliphatic rings. The van der Waals surface area contributed by atoms with E-state index in [0.717, 1.165) is 19.4 Å². The largest absolute Gasteiger partial charge is 0.480 e. The summed E-state index contributed by atoms with van der Waals surface area (Å²) >= 11 is 0. The van der Waals surface area contributed by atoms with Gasteiger partial charge in [-0.2, -0.15) is 0 Å². The van der Waals surface area contributed by atoms with Crippen molar-refractivity contribution in [3.63, 3.8) is 0 Å². The first-order chi connectivity index (χ1) is 9.61. The number of carbonyl (C=O) groups excluding carboxylic acids is 1. The lowest BCUT2D eigenvalue weighted by Crippen LogP contribution is -2.55. The lowest BCUT2D eigenvalue weighted by atomic mass is 9.96. The molecule has 0 aromatic carbocycles. The Morgan fingerprint density at radius 2 is 1.71 bits per heavy atom. The number of piperidine rings is 1. The smallest absolute Gasteiger partial charge is 0.323 e. The second-order valence-electron chi connectivity index (χ2n) is 7.13. The molecule has 0 saturated carbocycles. The standard InChI is InChI=1S/C15H29N3O3/c1-15(2,3)18(11-13(19)20)14(21)17-8-6-12(7-9-17)10-16(4)5/h12H,6-11H2,1-5H3,(H,19,20). The van der Waals surface area contributed by atoms with Gasteiger partial charge in [0.15, 0.2) is 0 Å². The summed E-state index contributed by atoms with van der Waals surface area (Å²) < 4.78 is 0. The maximum absolute atomic E-state index is 12.6. The molecule has 0 atom stereocenters. The molecular formula is C15H29N3O3. The van der Waals surface area contributed by atoms with Crippen molar-refractivity contribution in [2.45, 2.75) is 39.2 Å². The van der Waals surface area contributed by atoms with E-state index >= 15 is 0 Å². The molecule has 1 N–H and O–H groups in total. The molecule has 0 spiro atoms. The SMILES string of the molecule is CN(C)CC1CCN(C(=O)N(CC(=O)O)C(C)(C)C)CC1. The third-order valence-corrected chi connectivity index (χ3v) is 3.84. The van der Waals surface area contributed by atoms with Crippen LogP contribution in [0.1, 0.15) is 33.6 Å². The minimum Gasteiger partial charge on any atom is -0.480 e. The summed E-state index contributed by atoms with van der Waals surface area (Å²) in [5.74, 6) is -0.354. The quantitative estimate of drug-likeness (QED) is 0.856. The Hall–Kier alpha value is -1.30. The number of urea groups is 1. The first-order valence-corrected chi connectivity index (χ1v) is 7.54. The van der Waals surface area contributed by atoms with Crippen LogP contribution >= 0.6 is 0 Å². The lowest BCUT2D eigenvalue weighted by Gasteiger charge is -2.41. The van der Waals surface area contributed by atoms with E-state index in [-0.39, 0.29) is 12.6 Å². The summed E-state index contributed by atoms with van der Waals surface area (Å²) in [5.41, 5.74) is -0.490. The monoisotopic (exact) mass is 299 g/mol. The fraction of sp³-hybridized carbons (Fsp3) is 0.867. The number of rotatable bonds is 4. The minimum atomic E-state index is -0.972. The molecule has 0 aromatic rings. The van der Waals surface area contributed by atoms with Gasteiger partial charge in [-0.15, -0.1) is 0 Å². The summed E-state index contributed by atoms with van der Waals surface area (Å²) in [5, 5.41) is 9.02. The van der Waals surface area contributed by atoms with Gasteiger partial charge in [0.1, 0.15) is 6.54 Å². The highest BCUT2D eigenvalue weighted by atomic mass is 16.4. The van der Waals surface area contributed by atoms with Crippen LogP contribution in [0.15, 0.2) is 0 Å². The highest BCUT2D eigenvalue weighted by Crippen LogP contribution is 2.22. The lowest BCUT2D eigenvalue weighted by molar-refractivity contribution is -0.138. The van der Waals surface area contributed by atoms with Crippen LogP contribution < -0.4 is 0 Å². The van der Waals surface area contributed by atoms with Crippen LogP contribution in [-0.4, -0.2) is 77.6 Å². The molecule has 6 nitrogen and oxygen atoms in total. The van der Waals surface area contributed by atoms with E-state index in [4.69, 9.17) is 5.11 Å². The molecule has 1 saturated heterocycles. The molecule has 1 heterocycles. The van der Waals surface area contributed by atoms with Crippen LogP contribution in [-0.2, 0) is 4.79 Å². The summed E-state index contributed by atoms with van der Waals surface area (Å²) in [4.78, 5) is 29.0. The van der Waals surface area contributed by atoms with Crippen molar-refractivity contribution in [1.29, 1.82) is 0 Å². The average molecular weight is 299 g/mol. The molecule has 0 unspecified atom stereocenters. The Bertz CT molecular complexity index is 369. The molecule has 1 fully saturated rings. The predicted molar refractivity (Wildman–Crippen MR) is 82.3 cm³/mol. The molecule has 1 aliphatic heterocycles. The Morgan fingerprint density at radius 1 is 1.19 bits per heavy atom. The second-order valence-corrected chi connectivity index (χ2v) is 7.13. The van der Waals surface area contributed by atoms with E-state index in [0.29, 0.717) is 19.0 Å². The van der Waals surface area contributed by atoms with E-state index in [1.165, 1.54) is 4.90 Å². The molecule has 21 heavy (non-hydrogen) atoms. The van der Waals surface area contributed by atoms with Gasteiger partial charge in [0.05, 0.1) is 0 Å². The van der Waals surface area contributed by atoms with Crippen LogP contribution in [0.3, 0.4) is 0 Å². The number of hydrogen-bond donors (Lipinski definition) is 1. The van der Waals surface area contributed by atoms with Gasteiger partial charge in [0.25, 0.3) is 0 Å². The molecule has 2 amide bonds. The van der Waals surface area contributed by atoms with Crippen LogP contribution in [0.2, 0.25) is 0 Å². The molecule has 0 bridgehead atoms.